The summed E-state index contributed by atoms with van der Waals surface area (Å²) in [6, 6.07) is 0. The van der Waals surface area contributed by atoms with Gasteiger partial charge in [0.15, 0.2) is 5.60 Å². The van der Waals surface area contributed by atoms with Crippen LogP contribution in [0.4, 0.5) is 0 Å². The molecule has 0 unspecified atom stereocenters. The van der Waals surface area contributed by atoms with Crippen molar-refractivity contribution in [3.63, 3.8) is 0 Å². The van der Waals surface area contributed by atoms with Crippen LogP contribution in [0.5, 0.6) is 0 Å². The summed E-state index contributed by atoms with van der Waals surface area (Å²) in [6.07, 6.45) is -3.88. The van der Waals surface area contributed by atoms with E-state index in [1.54, 1.807) is 0 Å². The molecule has 1 rings (SSSR count). The van der Waals surface area contributed by atoms with E-state index in [1.807, 2.05) is 0 Å². The molecule has 0 aromatic heterocycles. The van der Waals surface area contributed by atoms with Gasteiger partial charge in [-0.2, -0.15) is 0 Å². The van der Waals surface area contributed by atoms with Crippen LogP contribution in [0.25, 0.3) is 0 Å². The monoisotopic (exact) mass is 205 g/mol. The fourth-order valence-corrected chi connectivity index (χ4v) is 1.41. The molecule has 0 bridgehead atoms. The molecule has 0 aromatic carbocycles. The Hall–Kier alpha value is -1.18. The minimum Gasteiger partial charge on any atom is -0.479 e. The highest BCUT2D eigenvalue weighted by Crippen LogP contribution is 2.27. The van der Waals surface area contributed by atoms with Crippen molar-refractivity contribution in [2.75, 3.05) is 0 Å². The minimum atomic E-state index is -2.18. The number of aliphatic carboxylic acids is 1. The van der Waals surface area contributed by atoms with E-state index in [0.717, 1.165) is 0 Å². The van der Waals surface area contributed by atoms with Gasteiger partial charge in [-0.3, -0.25) is 0 Å². The number of carboxylic acids is 1. The van der Waals surface area contributed by atoms with Gasteiger partial charge in [-0.25, -0.2) is 4.79 Å². The van der Waals surface area contributed by atoms with Crippen LogP contribution in [-0.2, 0) is 4.79 Å². The van der Waals surface area contributed by atoms with E-state index in [1.165, 1.54) is 0 Å². The van der Waals surface area contributed by atoms with Gasteiger partial charge in [0.1, 0.15) is 6.10 Å². The quantitative estimate of drug-likeness (QED) is 0.252. The minimum absolute atomic E-state index is 0.339. The number of carbonyl (C=O) groups is 1. The van der Waals surface area contributed by atoms with Crippen LogP contribution in [0.3, 0.4) is 0 Å². The van der Waals surface area contributed by atoms with Crippen molar-refractivity contribution in [3.05, 3.63) is 0 Å². The Bertz CT molecular complexity index is 277. The van der Waals surface area contributed by atoms with Crippen molar-refractivity contribution < 1.29 is 30.4 Å². The summed E-state index contributed by atoms with van der Waals surface area (Å²) in [4.78, 5) is 10.6. The van der Waals surface area contributed by atoms with Gasteiger partial charge in [-0.1, -0.05) is 5.16 Å². The van der Waals surface area contributed by atoms with Gasteiger partial charge >= 0.3 is 5.97 Å². The standard InChI is InChI=1S/C7H11NO6/c9-4-2-7(13,6(11)12)1-3(8-14)5(4)10/h4-5,9-10,13-14H,1-2H2,(H,11,12)/b8-3-/t4-,5-,7+/m1/s1. The normalized spacial score (nSPS) is 41.2. The molecule has 1 saturated carbocycles. The van der Waals surface area contributed by atoms with E-state index in [4.69, 9.17) is 10.3 Å². The highest BCUT2D eigenvalue weighted by Gasteiger charge is 2.47. The molecule has 0 radical (unpaired) electrons. The molecule has 0 saturated heterocycles. The van der Waals surface area contributed by atoms with Gasteiger partial charge in [0.25, 0.3) is 0 Å². The molecule has 3 atom stereocenters. The predicted octanol–water partition coefficient (Wildman–Crippen LogP) is -1.85. The largest absolute Gasteiger partial charge is 0.479 e. The van der Waals surface area contributed by atoms with Gasteiger partial charge < -0.3 is 25.6 Å². The number of aliphatic hydroxyl groups excluding tert-OH is 2. The van der Waals surface area contributed by atoms with Gasteiger partial charge in [0.05, 0.1) is 11.8 Å². The Balaban J connectivity index is 2.93. The first-order valence-electron chi connectivity index (χ1n) is 3.93. The van der Waals surface area contributed by atoms with E-state index in [-0.39, 0.29) is 5.71 Å². The fourth-order valence-electron chi connectivity index (χ4n) is 1.41. The smallest absolute Gasteiger partial charge is 0.336 e. The lowest BCUT2D eigenvalue weighted by Crippen LogP contribution is -2.54. The predicted molar refractivity (Wildman–Crippen MR) is 43.1 cm³/mol. The summed E-state index contributed by atoms with van der Waals surface area (Å²) in [5.41, 5.74) is -2.52. The number of hydrogen-bond acceptors (Lipinski definition) is 6. The number of rotatable bonds is 1. The van der Waals surface area contributed by atoms with Crippen LogP contribution in [0.1, 0.15) is 12.8 Å². The summed E-state index contributed by atoms with van der Waals surface area (Å²) in [5, 5.41) is 47.6. The lowest BCUT2D eigenvalue weighted by molar-refractivity contribution is -0.164. The Morgan fingerprint density at radius 1 is 1.50 bits per heavy atom. The first-order chi connectivity index (χ1) is 6.40. The molecule has 7 heteroatoms. The van der Waals surface area contributed by atoms with E-state index >= 15 is 0 Å². The Morgan fingerprint density at radius 2 is 2.07 bits per heavy atom. The van der Waals surface area contributed by atoms with E-state index < -0.39 is 36.6 Å². The number of aliphatic hydroxyl groups is 3. The Labute approximate surface area is 78.9 Å². The van der Waals surface area contributed by atoms with Gasteiger partial charge in [0.2, 0.25) is 0 Å². The highest BCUT2D eigenvalue weighted by atomic mass is 16.4. The molecule has 80 valence electrons. The molecular weight excluding hydrogens is 194 g/mol. The zero-order valence-corrected chi connectivity index (χ0v) is 7.16. The molecule has 1 aliphatic carbocycles. The number of nitrogens with zero attached hydrogens (tertiary/aromatic N) is 1. The van der Waals surface area contributed by atoms with Gasteiger partial charge in [-0.15, -0.1) is 0 Å². The van der Waals surface area contributed by atoms with Gasteiger partial charge in [-0.05, 0) is 0 Å². The number of carboxylic acid groups (broad SMARTS) is 1. The van der Waals surface area contributed by atoms with Crippen LogP contribution in [0, 0.1) is 0 Å². The van der Waals surface area contributed by atoms with Crippen molar-refractivity contribution in [3.8, 4) is 0 Å². The van der Waals surface area contributed by atoms with Gasteiger partial charge in [0, 0.05) is 12.8 Å². The average molecular weight is 205 g/mol. The lowest BCUT2D eigenvalue weighted by Gasteiger charge is -2.34. The SMILES string of the molecule is O=C(O)[C@]1(O)C/C(=N/O)[C@@H](O)[C@H](O)C1. The first-order valence-corrected chi connectivity index (χ1v) is 3.93. The third-order valence-electron chi connectivity index (χ3n) is 2.25. The first kappa shape index (κ1) is 10.9. The molecule has 0 amide bonds. The maximum atomic E-state index is 10.6. The number of hydrogen-bond donors (Lipinski definition) is 5. The molecule has 0 aliphatic heterocycles. The second kappa shape index (κ2) is 3.52. The van der Waals surface area contributed by atoms with Crippen LogP contribution < -0.4 is 0 Å². The van der Waals surface area contributed by atoms with E-state index in [0.29, 0.717) is 0 Å². The molecule has 0 spiro atoms. The molecular formula is C7H11NO6. The molecule has 7 nitrogen and oxygen atoms in total. The Morgan fingerprint density at radius 3 is 2.50 bits per heavy atom. The maximum absolute atomic E-state index is 10.6. The molecule has 14 heavy (non-hydrogen) atoms. The van der Waals surface area contributed by atoms with Crippen molar-refractivity contribution in [1.29, 1.82) is 0 Å². The van der Waals surface area contributed by atoms with Crippen LogP contribution in [0.15, 0.2) is 5.16 Å². The fraction of sp³-hybridized carbons (Fsp3) is 0.714. The summed E-state index contributed by atoms with van der Waals surface area (Å²) in [6.45, 7) is 0. The maximum Gasteiger partial charge on any atom is 0.336 e. The highest BCUT2D eigenvalue weighted by molar-refractivity contribution is 5.95. The molecule has 0 heterocycles. The van der Waals surface area contributed by atoms with Crippen LogP contribution in [-0.4, -0.2) is 55.1 Å². The Kier molecular flexibility index (Phi) is 2.74. The van der Waals surface area contributed by atoms with Crippen molar-refractivity contribution in [2.45, 2.75) is 30.7 Å². The second-order valence-electron chi connectivity index (χ2n) is 3.32. The summed E-state index contributed by atoms with van der Waals surface area (Å²) >= 11 is 0. The second-order valence-corrected chi connectivity index (χ2v) is 3.32. The van der Waals surface area contributed by atoms with Crippen LogP contribution in [0.2, 0.25) is 0 Å². The zero-order chi connectivity index (χ0) is 10.9. The zero-order valence-electron chi connectivity index (χ0n) is 7.16. The topological polar surface area (TPSA) is 131 Å². The molecule has 5 N–H and O–H groups in total. The molecule has 1 fully saturated rings. The lowest BCUT2D eigenvalue weighted by atomic mass is 9.80. The molecule has 1 aliphatic rings. The summed E-state index contributed by atoms with van der Waals surface area (Å²) in [5.74, 6) is -1.52. The average Bonchev–Trinajstić information content (AvgIpc) is 2.11. The summed E-state index contributed by atoms with van der Waals surface area (Å²) in [7, 11) is 0. The van der Waals surface area contributed by atoms with E-state index in [9.17, 15) is 20.1 Å². The molecule has 0 aromatic rings. The number of oxime groups is 1. The van der Waals surface area contributed by atoms with Crippen molar-refractivity contribution in [1.82, 2.24) is 0 Å². The summed E-state index contributed by atoms with van der Waals surface area (Å²) < 4.78 is 0. The van der Waals surface area contributed by atoms with E-state index in [2.05, 4.69) is 5.16 Å². The third-order valence-corrected chi connectivity index (χ3v) is 2.25. The van der Waals surface area contributed by atoms with Crippen LogP contribution >= 0.6 is 0 Å². The third kappa shape index (κ3) is 1.69. The van der Waals surface area contributed by atoms with Crippen molar-refractivity contribution in [2.24, 2.45) is 5.16 Å². The van der Waals surface area contributed by atoms with Crippen molar-refractivity contribution >= 4 is 11.7 Å².